The number of aliphatic carboxylic acids is 1. The standard InChI is InChI=1S/C12H14INO4S/c1-8(15)14-11(12(16)17)7-19(18)6-9-2-4-10(13)5-3-9/h2-5,11H,6-7H2,1H3,(H,14,15)(H,16,17)/t11-,19?/m0/s1. The number of nitrogens with one attached hydrogen (secondary N) is 1. The lowest BCUT2D eigenvalue weighted by Gasteiger charge is -2.12. The number of benzene rings is 1. The van der Waals surface area contributed by atoms with Crippen LogP contribution in [0.2, 0.25) is 0 Å². The summed E-state index contributed by atoms with van der Waals surface area (Å²) in [6.07, 6.45) is 0. The van der Waals surface area contributed by atoms with Gasteiger partial charge in [0.2, 0.25) is 5.91 Å². The average Bonchev–Trinajstić information content (AvgIpc) is 2.30. The number of halogens is 1. The molecule has 5 nitrogen and oxygen atoms in total. The first-order valence-corrected chi connectivity index (χ1v) is 8.04. The maximum Gasteiger partial charge on any atom is 0.327 e. The molecule has 1 amide bonds. The van der Waals surface area contributed by atoms with Gasteiger partial charge in [0.05, 0.1) is 5.75 Å². The van der Waals surface area contributed by atoms with E-state index in [0.29, 0.717) is 0 Å². The van der Waals surface area contributed by atoms with Gasteiger partial charge in [-0.3, -0.25) is 9.00 Å². The van der Waals surface area contributed by atoms with E-state index in [2.05, 4.69) is 27.9 Å². The Morgan fingerprint density at radius 3 is 2.42 bits per heavy atom. The van der Waals surface area contributed by atoms with Crippen molar-refractivity contribution >= 4 is 45.3 Å². The fourth-order valence-corrected chi connectivity index (χ4v) is 3.07. The summed E-state index contributed by atoms with van der Waals surface area (Å²) in [5.41, 5.74) is 0.880. The molecule has 2 atom stereocenters. The SMILES string of the molecule is CC(=O)N[C@@H](CS(=O)Cc1ccc(I)cc1)C(=O)O. The Morgan fingerprint density at radius 1 is 1.37 bits per heavy atom. The first-order chi connectivity index (χ1) is 8.88. The highest BCUT2D eigenvalue weighted by Crippen LogP contribution is 2.09. The van der Waals surface area contributed by atoms with E-state index < -0.39 is 28.7 Å². The van der Waals surface area contributed by atoms with Crippen molar-refractivity contribution < 1.29 is 18.9 Å². The minimum absolute atomic E-state index is 0.0963. The summed E-state index contributed by atoms with van der Waals surface area (Å²) in [7, 11) is -1.34. The minimum Gasteiger partial charge on any atom is -0.480 e. The van der Waals surface area contributed by atoms with Crippen molar-refractivity contribution in [3.05, 3.63) is 33.4 Å². The van der Waals surface area contributed by atoms with Crippen LogP contribution < -0.4 is 5.32 Å². The van der Waals surface area contributed by atoms with Crippen LogP contribution in [-0.2, 0) is 26.1 Å². The number of carboxylic acids is 1. The Bertz CT molecular complexity index is 489. The van der Waals surface area contributed by atoms with Crippen LogP contribution in [0.3, 0.4) is 0 Å². The van der Waals surface area contributed by atoms with Gasteiger partial charge >= 0.3 is 5.97 Å². The summed E-state index contributed by atoms with van der Waals surface area (Å²) in [5.74, 6) is -1.44. The number of carbonyl (C=O) groups excluding carboxylic acids is 1. The zero-order valence-electron chi connectivity index (χ0n) is 10.3. The Labute approximate surface area is 127 Å². The molecule has 0 aromatic heterocycles. The molecule has 2 N–H and O–H groups in total. The number of hydrogen-bond donors (Lipinski definition) is 2. The van der Waals surface area contributed by atoms with Gasteiger partial charge in [0.1, 0.15) is 6.04 Å². The van der Waals surface area contributed by atoms with Gasteiger partial charge in [-0.15, -0.1) is 0 Å². The lowest BCUT2D eigenvalue weighted by molar-refractivity contribution is -0.140. The van der Waals surface area contributed by atoms with Gasteiger partial charge in [-0.25, -0.2) is 4.79 Å². The van der Waals surface area contributed by atoms with E-state index in [0.717, 1.165) is 9.13 Å². The van der Waals surface area contributed by atoms with Crippen molar-refractivity contribution in [2.45, 2.75) is 18.7 Å². The molecule has 0 saturated heterocycles. The normalized spacial score (nSPS) is 13.6. The van der Waals surface area contributed by atoms with Crippen molar-refractivity contribution in [1.82, 2.24) is 5.32 Å². The highest BCUT2D eigenvalue weighted by molar-refractivity contribution is 14.1. The van der Waals surface area contributed by atoms with Crippen LogP contribution in [0.15, 0.2) is 24.3 Å². The molecule has 0 aliphatic rings. The third kappa shape index (κ3) is 6.15. The van der Waals surface area contributed by atoms with Crippen molar-refractivity contribution in [1.29, 1.82) is 0 Å². The fourth-order valence-electron chi connectivity index (χ4n) is 1.43. The summed E-state index contributed by atoms with van der Waals surface area (Å²) in [6, 6.07) is 6.40. The number of carbonyl (C=O) groups is 2. The van der Waals surface area contributed by atoms with Gasteiger partial charge in [-0.1, -0.05) is 12.1 Å². The zero-order valence-corrected chi connectivity index (χ0v) is 13.2. The van der Waals surface area contributed by atoms with E-state index in [1.54, 1.807) is 0 Å². The smallest absolute Gasteiger partial charge is 0.327 e. The average molecular weight is 395 g/mol. The second-order valence-corrected chi connectivity index (χ2v) is 6.72. The maximum absolute atomic E-state index is 11.9. The largest absolute Gasteiger partial charge is 0.480 e. The lowest BCUT2D eigenvalue weighted by atomic mass is 10.2. The monoisotopic (exact) mass is 395 g/mol. The first-order valence-electron chi connectivity index (χ1n) is 5.48. The molecule has 19 heavy (non-hydrogen) atoms. The molecule has 0 aliphatic heterocycles. The zero-order chi connectivity index (χ0) is 14.4. The molecule has 1 aromatic rings. The molecule has 7 heteroatoms. The van der Waals surface area contributed by atoms with Gasteiger partial charge in [0.25, 0.3) is 0 Å². The van der Waals surface area contributed by atoms with Gasteiger partial charge in [0, 0.05) is 27.0 Å². The van der Waals surface area contributed by atoms with Crippen LogP contribution >= 0.6 is 22.6 Å². The Morgan fingerprint density at radius 2 is 1.95 bits per heavy atom. The van der Waals surface area contributed by atoms with Crippen LogP contribution in [-0.4, -0.2) is 33.0 Å². The second-order valence-electron chi connectivity index (χ2n) is 3.97. The van der Waals surface area contributed by atoms with E-state index >= 15 is 0 Å². The molecular formula is C12H14INO4S. The maximum atomic E-state index is 11.9. The summed E-state index contributed by atoms with van der Waals surface area (Å²) in [5, 5.41) is 11.2. The first kappa shape index (κ1) is 16.1. The number of hydrogen-bond acceptors (Lipinski definition) is 3. The molecule has 0 fully saturated rings. The van der Waals surface area contributed by atoms with E-state index in [-0.39, 0.29) is 11.5 Å². The van der Waals surface area contributed by atoms with Gasteiger partial charge in [-0.05, 0) is 40.3 Å². The fraction of sp³-hybridized carbons (Fsp3) is 0.333. The summed E-state index contributed by atoms with van der Waals surface area (Å²) >= 11 is 2.17. The third-order valence-electron chi connectivity index (χ3n) is 2.27. The predicted octanol–water partition coefficient (Wildman–Crippen LogP) is 1.13. The number of carboxylic acid groups (broad SMARTS) is 1. The summed E-state index contributed by atoms with van der Waals surface area (Å²) in [4.78, 5) is 21.8. The quantitative estimate of drug-likeness (QED) is 0.708. The molecule has 0 spiro atoms. The van der Waals surface area contributed by atoms with Crippen molar-refractivity contribution in [3.8, 4) is 0 Å². The van der Waals surface area contributed by atoms with E-state index in [1.807, 2.05) is 24.3 Å². The van der Waals surface area contributed by atoms with Crippen LogP contribution in [0, 0.1) is 3.57 Å². The molecule has 104 valence electrons. The highest BCUT2D eigenvalue weighted by atomic mass is 127. The van der Waals surface area contributed by atoms with Crippen molar-refractivity contribution in [2.24, 2.45) is 0 Å². The van der Waals surface area contributed by atoms with E-state index in [9.17, 15) is 13.8 Å². The van der Waals surface area contributed by atoms with Crippen LogP contribution in [0.1, 0.15) is 12.5 Å². The number of rotatable bonds is 6. The molecule has 0 heterocycles. The van der Waals surface area contributed by atoms with Crippen LogP contribution in [0.5, 0.6) is 0 Å². The molecule has 1 rings (SSSR count). The molecular weight excluding hydrogens is 381 g/mol. The Balaban J connectivity index is 2.59. The molecule has 1 unspecified atom stereocenters. The molecule has 0 aliphatic carbocycles. The molecule has 0 bridgehead atoms. The van der Waals surface area contributed by atoms with E-state index in [4.69, 9.17) is 5.11 Å². The Hall–Kier alpha value is -0.960. The number of amides is 1. The molecule has 1 aromatic carbocycles. The van der Waals surface area contributed by atoms with Crippen LogP contribution in [0.4, 0.5) is 0 Å². The van der Waals surface area contributed by atoms with Crippen molar-refractivity contribution in [2.75, 3.05) is 5.75 Å². The topological polar surface area (TPSA) is 83.5 Å². The minimum atomic E-state index is -1.34. The van der Waals surface area contributed by atoms with Gasteiger partial charge in [0.15, 0.2) is 0 Å². The highest BCUT2D eigenvalue weighted by Gasteiger charge is 2.21. The van der Waals surface area contributed by atoms with Gasteiger partial charge < -0.3 is 10.4 Å². The van der Waals surface area contributed by atoms with Crippen molar-refractivity contribution in [3.63, 3.8) is 0 Å². The van der Waals surface area contributed by atoms with Crippen LogP contribution in [0.25, 0.3) is 0 Å². The lowest BCUT2D eigenvalue weighted by Crippen LogP contribution is -2.43. The summed E-state index contributed by atoms with van der Waals surface area (Å²) < 4.78 is 13.0. The third-order valence-corrected chi connectivity index (χ3v) is 4.35. The van der Waals surface area contributed by atoms with Gasteiger partial charge in [-0.2, -0.15) is 0 Å². The molecule has 0 saturated carbocycles. The molecule has 0 radical (unpaired) electrons. The predicted molar refractivity (Wildman–Crippen MR) is 81.1 cm³/mol. The second kappa shape index (κ2) is 7.59. The van der Waals surface area contributed by atoms with E-state index in [1.165, 1.54) is 6.92 Å². The Kier molecular flexibility index (Phi) is 6.43. The summed E-state index contributed by atoms with van der Waals surface area (Å²) in [6.45, 7) is 1.23.